The van der Waals surface area contributed by atoms with Gasteiger partial charge in [-0.25, -0.2) is 0 Å². The van der Waals surface area contributed by atoms with Gasteiger partial charge in [-0.1, -0.05) is 12.8 Å². The van der Waals surface area contributed by atoms with Crippen molar-refractivity contribution in [3.8, 4) is 0 Å². The SMILES string of the molecule is O=C(CCN1C(=O)CCC1=O)N1CCN(CC(=O)N2CCCCCC2)CC1. The van der Waals surface area contributed by atoms with Gasteiger partial charge in [-0.2, -0.15) is 0 Å². The number of hydrogen-bond donors (Lipinski definition) is 0. The smallest absolute Gasteiger partial charge is 0.236 e. The fourth-order valence-electron chi connectivity index (χ4n) is 4.00. The minimum Gasteiger partial charge on any atom is -0.342 e. The predicted molar refractivity (Wildman–Crippen MR) is 98.6 cm³/mol. The minimum atomic E-state index is -0.176. The molecule has 3 aliphatic rings. The summed E-state index contributed by atoms with van der Waals surface area (Å²) >= 11 is 0. The molecule has 0 aromatic rings. The summed E-state index contributed by atoms with van der Waals surface area (Å²) in [5.41, 5.74) is 0. The molecule has 0 N–H and O–H groups in total. The van der Waals surface area contributed by atoms with Crippen molar-refractivity contribution in [1.29, 1.82) is 0 Å². The van der Waals surface area contributed by atoms with Crippen LogP contribution in [0.1, 0.15) is 44.9 Å². The second kappa shape index (κ2) is 9.30. The Morgan fingerprint density at radius 3 is 1.85 bits per heavy atom. The third-order valence-corrected chi connectivity index (χ3v) is 5.75. The van der Waals surface area contributed by atoms with Crippen molar-refractivity contribution in [3.05, 3.63) is 0 Å². The van der Waals surface area contributed by atoms with Crippen molar-refractivity contribution < 1.29 is 19.2 Å². The maximum atomic E-state index is 12.5. The lowest BCUT2D eigenvalue weighted by molar-refractivity contribution is -0.139. The fraction of sp³-hybridized carbons (Fsp3) is 0.789. The van der Waals surface area contributed by atoms with Gasteiger partial charge < -0.3 is 9.80 Å². The number of hydrogen-bond acceptors (Lipinski definition) is 5. The van der Waals surface area contributed by atoms with Crippen molar-refractivity contribution in [1.82, 2.24) is 19.6 Å². The Balaban J connectivity index is 1.37. The van der Waals surface area contributed by atoms with Crippen LogP contribution in [0, 0.1) is 0 Å². The molecule has 0 aromatic carbocycles. The molecule has 3 fully saturated rings. The molecule has 27 heavy (non-hydrogen) atoms. The van der Waals surface area contributed by atoms with Crippen molar-refractivity contribution >= 4 is 23.6 Å². The molecule has 150 valence electrons. The van der Waals surface area contributed by atoms with E-state index >= 15 is 0 Å². The summed E-state index contributed by atoms with van der Waals surface area (Å²) in [5.74, 6) is -0.182. The molecular formula is C19H30N4O4. The molecule has 0 saturated carbocycles. The maximum Gasteiger partial charge on any atom is 0.236 e. The van der Waals surface area contributed by atoms with E-state index in [0.29, 0.717) is 32.7 Å². The van der Waals surface area contributed by atoms with E-state index in [0.717, 1.165) is 25.9 Å². The molecule has 4 amide bonds. The second-order valence-corrected chi connectivity index (χ2v) is 7.64. The van der Waals surface area contributed by atoms with E-state index in [-0.39, 0.29) is 49.4 Å². The van der Waals surface area contributed by atoms with Crippen LogP contribution in [0.25, 0.3) is 0 Å². The van der Waals surface area contributed by atoms with E-state index in [2.05, 4.69) is 4.90 Å². The van der Waals surface area contributed by atoms with Gasteiger partial charge in [0.05, 0.1) is 6.54 Å². The van der Waals surface area contributed by atoms with E-state index in [1.54, 1.807) is 4.90 Å². The van der Waals surface area contributed by atoms with Gasteiger partial charge in [-0.05, 0) is 12.8 Å². The Bertz CT molecular complexity index is 562. The first-order valence-electron chi connectivity index (χ1n) is 10.2. The fourth-order valence-corrected chi connectivity index (χ4v) is 4.00. The van der Waals surface area contributed by atoms with Crippen molar-refractivity contribution in [2.45, 2.75) is 44.9 Å². The Morgan fingerprint density at radius 2 is 1.26 bits per heavy atom. The van der Waals surface area contributed by atoms with Gasteiger partial charge in [0.2, 0.25) is 23.6 Å². The lowest BCUT2D eigenvalue weighted by Gasteiger charge is -2.35. The average Bonchev–Trinajstić information content (AvgIpc) is 2.87. The molecule has 0 unspecified atom stereocenters. The van der Waals surface area contributed by atoms with Crippen LogP contribution in [0.5, 0.6) is 0 Å². The standard InChI is InChI=1S/C19H30N4O4/c24-16(7-10-23-17(25)5-6-18(23)26)22-13-11-20(12-14-22)15-19(27)21-8-3-1-2-4-9-21/h1-15H2. The maximum absolute atomic E-state index is 12.5. The molecular weight excluding hydrogens is 348 g/mol. The van der Waals surface area contributed by atoms with Gasteiger partial charge in [0.1, 0.15) is 0 Å². The van der Waals surface area contributed by atoms with Crippen molar-refractivity contribution in [2.24, 2.45) is 0 Å². The van der Waals surface area contributed by atoms with Gasteiger partial charge in [0, 0.05) is 65.1 Å². The Labute approximate surface area is 160 Å². The van der Waals surface area contributed by atoms with Gasteiger partial charge in [0.15, 0.2) is 0 Å². The summed E-state index contributed by atoms with van der Waals surface area (Å²) in [4.78, 5) is 55.1. The van der Waals surface area contributed by atoms with Gasteiger partial charge in [-0.15, -0.1) is 0 Å². The highest BCUT2D eigenvalue weighted by Gasteiger charge is 2.30. The zero-order chi connectivity index (χ0) is 19.2. The normalized spacial score (nSPS) is 22.3. The van der Waals surface area contributed by atoms with Gasteiger partial charge in [-0.3, -0.25) is 29.0 Å². The zero-order valence-corrected chi connectivity index (χ0v) is 16.0. The zero-order valence-electron chi connectivity index (χ0n) is 16.0. The molecule has 0 spiro atoms. The van der Waals surface area contributed by atoms with Crippen LogP contribution in [0.15, 0.2) is 0 Å². The van der Waals surface area contributed by atoms with Crippen molar-refractivity contribution in [2.75, 3.05) is 52.4 Å². The third kappa shape index (κ3) is 5.28. The summed E-state index contributed by atoms with van der Waals surface area (Å²) in [6, 6.07) is 0. The number of carbonyl (C=O) groups excluding carboxylic acids is 4. The molecule has 3 heterocycles. The third-order valence-electron chi connectivity index (χ3n) is 5.75. The average molecular weight is 378 g/mol. The number of piperazine rings is 1. The summed E-state index contributed by atoms with van der Waals surface area (Å²) in [6.07, 6.45) is 5.31. The van der Waals surface area contributed by atoms with Crippen LogP contribution < -0.4 is 0 Å². The predicted octanol–water partition coefficient (Wildman–Crippen LogP) is 0.0723. The van der Waals surface area contributed by atoms with E-state index in [1.807, 2.05) is 4.90 Å². The van der Waals surface area contributed by atoms with Crippen molar-refractivity contribution in [3.63, 3.8) is 0 Å². The number of rotatable bonds is 5. The molecule has 3 rings (SSSR count). The highest BCUT2D eigenvalue weighted by molar-refractivity contribution is 6.02. The minimum absolute atomic E-state index is 0.0269. The van der Waals surface area contributed by atoms with Crippen LogP contribution in [0.3, 0.4) is 0 Å². The molecule has 0 bridgehead atoms. The van der Waals surface area contributed by atoms with E-state index in [9.17, 15) is 19.2 Å². The number of nitrogens with zero attached hydrogens (tertiary/aromatic N) is 4. The second-order valence-electron chi connectivity index (χ2n) is 7.64. The van der Waals surface area contributed by atoms with E-state index in [4.69, 9.17) is 0 Å². The Kier molecular flexibility index (Phi) is 6.82. The first-order chi connectivity index (χ1) is 13.0. The van der Waals surface area contributed by atoms with E-state index < -0.39 is 0 Å². The van der Waals surface area contributed by atoms with Crippen LogP contribution in [-0.2, 0) is 19.2 Å². The first kappa shape index (κ1) is 19.8. The molecule has 8 heteroatoms. The Hall–Kier alpha value is -1.96. The van der Waals surface area contributed by atoms with Crippen LogP contribution >= 0.6 is 0 Å². The molecule has 0 aliphatic carbocycles. The van der Waals surface area contributed by atoms with Gasteiger partial charge in [0.25, 0.3) is 0 Å². The first-order valence-corrected chi connectivity index (χ1v) is 10.2. The molecule has 3 aliphatic heterocycles. The quantitative estimate of drug-likeness (QED) is 0.633. The van der Waals surface area contributed by atoms with Crippen LogP contribution in [-0.4, -0.2) is 95.6 Å². The number of likely N-dealkylation sites (tertiary alicyclic amines) is 2. The number of amides is 4. The summed E-state index contributed by atoms with van der Waals surface area (Å²) in [5, 5.41) is 0. The number of imide groups is 1. The number of carbonyl (C=O) groups is 4. The molecule has 0 aromatic heterocycles. The van der Waals surface area contributed by atoms with Crippen LogP contribution in [0.4, 0.5) is 0 Å². The molecule has 3 saturated heterocycles. The monoisotopic (exact) mass is 378 g/mol. The Morgan fingerprint density at radius 1 is 0.704 bits per heavy atom. The summed E-state index contributed by atoms with van der Waals surface area (Å²) < 4.78 is 0. The molecule has 8 nitrogen and oxygen atoms in total. The molecule has 0 atom stereocenters. The topological polar surface area (TPSA) is 81.2 Å². The van der Waals surface area contributed by atoms with Gasteiger partial charge >= 0.3 is 0 Å². The molecule has 0 radical (unpaired) electrons. The largest absolute Gasteiger partial charge is 0.342 e. The van der Waals surface area contributed by atoms with Crippen LogP contribution in [0.2, 0.25) is 0 Å². The lowest BCUT2D eigenvalue weighted by Crippen LogP contribution is -2.52. The summed E-state index contributed by atoms with van der Waals surface area (Å²) in [7, 11) is 0. The highest BCUT2D eigenvalue weighted by atomic mass is 16.2. The lowest BCUT2D eigenvalue weighted by atomic mass is 10.2. The summed E-state index contributed by atoms with van der Waals surface area (Å²) in [6.45, 7) is 4.90. The highest BCUT2D eigenvalue weighted by Crippen LogP contribution is 2.14. The van der Waals surface area contributed by atoms with E-state index in [1.165, 1.54) is 17.7 Å².